The van der Waals surface area contributed by atoms with Crippen molar-refractivity contribution in [2.24, 2.45) is 5.73 Å². The van der Waals surface area contributed by atoms with Gasteiger partial charge in [-0.15, -0.1) is 0 Å². The van der Waals surface area contributed by atoms with Gasteiger partial charge in [0.25, 0.3) is 10.2 Å². The number of carboxylic acid groups (broad SMARTS) is 1. The molecular weight excluding hydrogens is 238 g/mol. The zero-order valence-corrected chi connectivity index (χ0v) is 9.74. The van der Waals surface area contributed by atoms with E-state index in [2.05, 4.69) is 4.72 Å². The summed E-state index contributed by atoms with van der Waals surface area (Å²) in [6, 6.07) is -1.95. The smallest absolute Gasteiger partial charge is 0.322 e. The van der Waals surface area contributed by atoms with E-state index in [0.717, 1.165) is 0 Å². The van der Waals surface area contributed by atoms with Crippen molar-refractivity contribution in [3.05, 3.63) is 0 Å². The predicted octanol–water partition coefficient (Wildman–Crippen LogP) is -1.85. The second kappa shape index (κ2) is 5.77. The molecule has 0 aromatic heterocycles. The molecule has 0 spiro atoms. The fourth-order valence-corrected chi connectivity index (χ4v) is 2.16. The molecule has 0 radical (unpaired) electrons. The van der Waals surface area contributed by atoms with E-state index in [0.29, 0.717) is 0 Å². The zero-order valence-electron chi connectivity index (χ0n) is 8.93. The minimum atomic E-state index is -3.96. The van der Waals surface area contributed by atoms with Crippen LogP contribution in [0.5, 0.6) is 0 Å². The summed E-state index contributed by atoms with van der Waals surface area (Å²) >= 11 is 0. The van der Waals surface area contributed by atoms with E-state index in [1.54, 1.807) is 13.8 Å². The van der Waals surface area contributed by atoms with Gasteiger partial charge in [0.05, 0.1) is 6.42 Å². The highest BCUT2D eigenvalue weighted by Gasteiger charge is 2.25. The second-order valence-corrected chi connectivity index (χ2v) is 4.93. The summed E-state index contributed by atoms with van der Waals surface area (Å²) in [5.41, 5.74) is 4.79. The second-order valence-electron chi connectivity index (χ2n) is 3.46. The summed E-state index contributed by atoms with van der Waals surface area (Å²) in [7, 11) is -3.96. The summed E-state index contributed by atoms with van der Waals surface area (Å²) in [6.45, 7) is 3.15. The van der Waals surface area contributed by atoms with E-state index >= 15 is 0 Å². The normalized spacial score (nSPS) is 13.7. The Kier molecular flexibility index (Phi) is 5.35. The average molecular weight is 253 g/mol. The molecular formula is C7H15N3O5S. The van der Waals surface area contributed by atoms with Crippen molar-refractivity contribution < 1.29 is 23.1 Å². The average Bonchev–Trinajstić information content (AvgIpc) is 1.98. The Morgan fingerprint density at radius 2 is 1.81 bits per heavy atom. The molecule has 1 atom stereocenters. The van der Waals surface area contributed by atoms with Gasteiger partial charge in [-0.25, -0.2) is 0 Å². The minimum absolute atomic E-state index is 0.388. The van der Waals surface area contributed by atoms with Gasteiger partial charge in [0.1, 0.15) is 6.04 Å². The van der Waals surface area contributed by atoms with Crippen LogP contribution in [0, 0.1) is 0 Å². The summed E-state index contributed by atoms with van der Waals surface area (Å²) in [5.74, 6) is -2.37. The van der Waals surface area contributed by atoms with Gasteiger partial charge in [0.15, 0.2) is 0 Å². The first-order chi connectivity index (χ1) is 7.14. The van der Waals surface area contributed by atoms with Crippen LogP contribution in [0.1, 0.15) is 20.3 Å². The van der Waals surface area contributed by atoms with Crippen molar-refractivity contribution in [1.82, 2.24) is 9.44 Å². The minimum Gasteiger partial charge on any atom is -0.480 e. The van der Waals surface area contributed by atoms with Crippen LogP contribution in [0.15, 0.2) is 0 Å². The van der Waals surface area contributed by atoms with Gasteiger partial charge >= 0.3 is 5.97 Å². The Bertz CT molecular complexity index is 364. The monoisotopic (exact) mass is 253 g/mol. The van der Waals surface area contributed by atoms with Crippen LogP contribution in [-0.2, 0) is 19.8 Å². The number of carbonyl (C=O) groups excluding carboxylic acids is 1. The number of carboxylic acids is 1. The molecule has 0 bridgehead atoms. The third-order valence-electron chi connectivity index (χ3n) is 1.39. The maximum absolute atomic E-state index is 11.3. The van der Waals surface area contributed by atoms with Crippen LogP contribution < -0.4 is 15.2 Å². The number of primary amides is 1. The van der Waals surface area contributed by atoms with Crippen LogP contribution >= 0.6 is 0 Å². The van der Waals surface area contributed by atoms with Crippen molar-refractivity contribution in [3.8, 4) is 0 Å². The third-order valence-corrected chi connectivity index (χ3v) is 2.77. The first-order valence-electron chi connectivity index (χ1n) is 4.44. The highest BCUT2D eigenvalue weighted by atomic mass is 32.2. The van der Waals surface area contributed by atoms with Crippen LogP contribution in [0.2, 0.25) is 0 Å². The van der Waals surface area contributed by atoms with Crippen molar-refractivity contribution in [3.63, 3.8) is 0 Å². The fraction of sp³-hybridized carbons (Fsp3) is 0.714. The van der Waals surface area contributed by atoms with Crippen molar-refractivity contribution in [2.75, 3.05) is 0 Å². The first-order valence-corrected chi connectivity index (χ1v) is 5.93. The maximum atomic E-state index is 11.3. The summed E-state index contributed by atoms with van der Waals surface area (Å²) in [6.07, 6.45) is -0.603. The van der Waals surface area contributed by atoms with Gasteiger partial charge in [0.2, 0.25) is 5.91 Å². The number of hydrogen-bond donors (Lipinski definition) is 4. The highest BCUT2D eigenvalue weighted by Crippen LogP contribution is 1.95. The maximum Gasteiger partial charge on any atom is 0.322 e. The van der Waals surface area contributed by atoms with E-state index < -0.39 is 34.5 Å². The number of hydrogen-bond acceptors (Lipinski definition) is 4. The Morgan fingerprint density at radius 3 is 2.12 bits per heavy atom. The van der Waals surface area contributed by atoms with Gasteiger partial charge in [-0.05, 0) is 13.8 Å². The number of aliphatic carboxylic acids is 1. The molecule has 0 aliphatic rings. The van der Waals surface area contributed by atoms with Crippen molar-refractivity contribution in [2.45, 2.75) is 32.4 Å². The van der Waals surface area contributed by atoms with Gasteiger partial charge in [-0.2, -0.15) is 17.9 Å². The number of amides is 1. The lowest BCUT2D eigenvalue weighted by Crippen LogP contribution is -2.49. The van der Waals surface area contributed by atoms with E-state index in [1.165, 1.54) is 0 Å². The predicted molar refractivity (Wildman–Crippen MR) is 55.6 cm³/mol. The molecule has 0 aliphatic carbocycles. The van der Waals surface area contributed by atoms with Gasteiger partial charge in [0, 0.05) is 6.04 Å². The quantitative estimate of drug-likeness (QED) is 0.421. The molecule has 0 aliphatic heterocycles. The van der Waals surface area contributed by atoms with Gasteiger partial charge < -0.3 is 10.8 Å². The van der Waals surface area contributed by atoms with Crippen LogP contribution in [0.4, 0.5) is 0 Å². The van der Waals surface area contributed by atoms with E-state index in [9.17, 15) is 18.0 Å². The Hall–Kier alpha value is -1.19. The molecule has 94 valence electrons. The molecule has 0 aromatic rings. The fourth-order valence-electron chi connectivity index (χ4n) is 0.912. The van der Waals surface area contributed by atoms with Gasteiger partial charge in [-0.3, -0.25) is 9.59 Å². The number of carbonyl (C=O) groups is 2. The third kappa shape index (κ3) is 6.32. The lowest BCUT2D eigenvalue weighted by molar-refractivity contribution is -0.140. The first kappa shape index (κ1) is 14.8. The van der Waals surface area contributed by atoms with E-state index in [4.69, 9.17) is 10.8 Å². The molecule has 16 heavy (non-hydrogen) atoms. The number of rotatable bonds is 7. The van der Waals surface area contributed by atoms with E-state index in [1.807, 2.05) is 4.72 Å². The zero-order chi connectivity index (χ0) is 12.9. The standard InChI is InChI=1S/C7H15N3O5S/c1-4(2)9-16(14,15)10-5(7(12)13)3-6(8)11/h4-5,9-10H,3H2,1-2H3,(H2,8,11)(H,12,13). The lowest BCUT2D eigenvalue weighted by atomic mass is 10.2. The Labute approximate surface area is 93.4 Å². The lowest BCUT2D eigenvalue weighted by Gasteiger charge is -2.15. The van der Waals surface area contributed by atoms with Crippen LogP contribution in [0.3, 0.4) is 0 Å². The molecule has 8 nitrogen and oxygen atoms in total. The molecule has 0 aromatic carbocycles. The SMILES string of the molecule is CC(C)NS(=O)(=O)NC(CC(N)=O)C(=O)O. The van der Waals surface area contributed by atoms with Gasteiger partial charge in [-0.1, -0.05) is 0 Å². The van der Waals surface area contributed by atoms with E-state index in [-0.39, 0.29) is 6.04 Å². The summed E-state index contributed by atoms with van der Waals surface area (Å²) in [4.78, 5) is 21.2. The molecule has 1 amide bonds. The van der Waals surface area contributed by atoms with Crippen LogP contribution in [-0.4, -0.2) is 37.5 Å². The topological polar surface area (TPSA) is 139 Å². The van der Waals surface area contributed by atoms with Crippen molar-refractivity contribution in [1.29, 1.82) is 0 Å². The number of nitrogens with two attached hydrogens (primary N) is 1. The summed E-state index contributed by atoms with van der Waals surface area (Å²) < 4.78 is 26.5. The molecule has 1 unspecified atom stereocenters. The number of nitrogens with one attached hydrogen (secondary N) is 2. The van der Waals surface area contributed by atoms with Crippen molar-refractivity contribution >= 4 is 22.1 Å². The summed E-state index contributed by atoms with van der Waals surface area (Å²) in [5, 5.41) is 8.66. The highest BCUT2D eigenvalue weighted by molar-refractivity contribution is 7.87. The molecule has 0 rings (SSSR count). The molecule has 5 N–H and O–H groups in total. The largest absolute Gasteiger partial charge is 0.480 e. The Balaban J connectivity index is 4.63. The Morgan fingerprint density at radius 1 is 1.31 bits per heavy atom. The molecule has 9 heteroatoms. The molecule has 0 fully saturated rings. The van der Waals surface area contributed by atoms with Crippen LogP contribution in [0.25, 0.3) is 0 Å². The molecule has 0 heterocycles. The molecule has 0 saturated heterocycles. The molecule has 0 saturated carbocycles.